The summed E-state index contributed by atoms with van der Waals surface area (Å²) in [5.41, 5.74) is 2.67. The van der Waals surface area contributed by atoms with E-state index >= 15 is 0 Å². The summed E-state index contributed by atoms with van der Waals surface area (Å²) in [7, 11) is 0. The Morgan fingerprint density at radius 1 is 1.14 bits per heavy atom. The van der Waals surface area contributed by atoms with Crippen LogP contribution in [0.15, 0.2) is 53.1 Å². The van der Waals surface area contributed by atoms with Gasteiger partial charge in [-0.25, -0.2) is 0 Å². The number of aryl methyl sites for hydroxylation is 1. The van der Waals surface area contributed by atoms with Gasteiger partial charge in [-0.2, -0.15) is 0 Å². The van der Waals surface area contributed by atoms with Gasteiger partial charge in [0.25, 0.3) is 0 Å². The van der Waals surface area contributed by atoms with E-state index in [9.17, 15) is 4.79 Å². The monoisotopic (exact) mass is 294 g/mol. The van der Waals surface area contributed by atoms with Crippen molar-refractivity contribution >= 4 is 5.91 Å². The summed E-state index contributed by atoms with van der Waals surface area (Å²) in [6.45, 7) is 2.30. The van der Waals surface area contributed by atoms with Gasteiger partial charge in [-0.15, -0.1) is 10.2 Å². The molecule has 0 fully saturated rings. The van der Waals surface area contributed by atoms with E-state index in [1.165, 1.54) is 0 Å². The highest BCUT2D eigenvalue weighted by Gasteiger charge is 2.15. The van der Waals surface area contributed by atoms with Crippen molar-refractivity contribution < 1.29 is 9.21 Å². The van der Waals surface area contributed by atoms with Crippen LogP contribution in [0.25, 0.3) is 11.5 Å². The number of pyridine rings is 1. The number of carbonyl (C=O) groups excluding carboxylic acids is 1. The molecule has 0 atom stereocenters. The lowest BCUT2D eigenvalue weighted by Crippen LogP contribution is -2.23. The SMILES string of the molecule is Cc1ccc(-c2nnc(C(=O)NCc3ccccn3)o2)cc1. The van der Waals surface area contributed by atoms with Crippen molar-refractivity contribution in [1.29, 1.82) is 0 Å². The average molecular weight is 294 g/mol. The van der Waals surface area contributed by atoms with Gasteiger partial charge in [0.1, 0.15) is 0 Å². The fraction of sp³-hybridized carbons (Fsp3) is 0.125. The van der Waals surface area contributed by atoms with Crippen LogP contribution in [0.5, 0.6) is 0 Å². The summed E-state index contributed by atoms with van der Waals surface area (Å²) in [6, 6.07) is 13.1. The Hall–Kier alpha value is -3.02. The predicted octanol–water partition coefficient (Wildman–Crippen LogP) is 2.37. The summed E-state index contributed by atoms with van der Waals surface area (Å²) >= 11 is 0. The summed E-state index contributed by atoms with van der Waals surface area (Å²) in [5.74, 6) is -0.161. The first-order chi connectivity index (χ1) is 10.7. The second kappa shape index (κ2) is 6.17. The van der Waals surface area contributed by atoms with Crippen molar-refractivity contribution in [2.75, 3.05) is 0 Å². The van der Waals surface area contributed by atoms with Gasteiger partial charge in [-0.3, -0.25) is 9.78 Å². The first-order valence-corrected chi connectivity index (χ1v) is 6.81. The van der Waals surface area contributed by atoms with Gasteiger partial charge >= 0.3 is 11.8 Å². The highest BCUT2D eigenvalue weighted by molar-refractivity contribution is 5.89. The lowest BCUT2D eigenvalue weighted by atomic mass is 10.1. The van der Waals surface area contributed by atoms with Gasteiger partial charge < -0.3 is 9.73 Å². The standard InChI is InChI=1S/C16H14N4O2/c1-11-5-7-12(8-6-11)15-19-20-16(22-15)14(21)18-10-13-4-2-3-9-17-13/h2-9H,10H2,1H3,(H,18,21). The van der Waals surface area contributed by atoms with Crippen LogP contribution in [-0.2, 0) is 6.54 Å². The Morgan fingerprint density at radius 2 is 1.95 bits per heavy atom. The minimum absolute atomic E-state index is 0.0634. The molecule has 1 N–H and O–H groups in total. The van der Waals surface area contributed by atoms with E-state index in [1.807, 2.05) is 49.4 Å². The minimum atomic E-state index is -0.420. The fourth-order valence-electron chi connectivity index (χ4n) is 1.88. The lowest BCUT2D eigenvalue weighted by Gasteiger charge is -2.00. The van der Waals surface area contributed by atoms with E-state index in [2.05, 4.69) is 20.5 Å². The summed E-state index contributed by atoms with van der Waals surface area (Å²) < 4.78 is 5.41. The molecule has 0 radical (unpaired) electrons. The lowest BCUT2D eigenvalue weighted by molar-refractivity contribution is 0.0916. The molecule has 6 nitrogen and oxygen atoms in total. The molecule has 1 amide bonds. The van der Waals surface area contributed by atoms with Crippen LogP contribution in [0, 0.1) is 6.92 Å². The van der Waals surface area contributed by atoms with Gasteiger partial charge in [0.15, 0.2) is 0 Å². The zero-order valence-electron chi connectivity index (χ0n) is 12.0. The van der Waals surface area contributed by atoms with Gasteiger partial charge in [0.2, 0.25) is 5.89 Å². The van der Waals surface area contributed by atoms with E-state index in [4.69, 9.17) is 4.42 Å². The van der Waals surface area contributed by atoms with Crippen molar-refractivity contribution in [1.82, 2.24) is 20.5 Å². The van der Waals surface area contributed by atoms with Gasteiger partial charge in [-0.05, 0) is 31.2 Å². The fourth-order valence-corrected chi connectivity index (χ4v) is 1.88. The number of aromatic nitrogens is 3. The third-order valence-electron chi connectivity index (χ3n) is 3.07. The second-order valence-electron chi connectivity index (χ2n) is 4.78. The number of hydrogen-bond donors (Lipinski definition) is 1. The molecule has 3 aromatic rings. The van der Waals surface area contributed by atoms with Gasteiger partial charge in [0.05, 0.1) is 12.2 Å². The Kier molecular flexibility index (Phi) is 3.91. The molecule has 110 valence electrons. The Bertz CT molecular complexity index is 766. The zero-order chi connectivity index (χ0) is 15.4. The van der Waals surface area contributed by atoms with Crippen molar-refractivity contribution in [3.8, 4) is 11.5 Å². The van der Waals surface area contributed by atoms with E-state index in [0.717, 1.165) is 16.8 Å². The quantitative estimate of drug-likeness (QED) is 0.799. The molecule has 0 aliphatic rings. The summed E-state index contributed by atoms with van der Waals surface area (Å²) in [6.07, 6.45) is 1.67. The van der Waals surface area contributed by atoms with Crippen LogP contribution in [0.3, 0.4) is 0 Å². The van der Waals surface area contributed by atoms with E-state index in [1.54, 1.807) is 6.20 Å². The third-order valence-corrected chi connectivity index (χ3v) is 3.07. The van der Waals surface area contributed by atoms with E-state index in [-0.39, 0.29) is 5.89 Å². The number of nitrogens with zero attached hydrogens (tertiary/aromatic N) is 3. The molecule has 1 aromatic carbocycles. The Balaban J connectivity index is 1.68. The molecule has 2 aromatic heterocycles. The maximum absolute atomic E-state index is 12.0. The maximum Gasteiger partial charge on any atom is 0.309 e. The number of amides is 1. The zero-order valence-corrected chi connectivity index (χ0v) is 12.0. The van der Waals surface area contributed by atoms with Gasteiger partial charge in [0, 0.05) is 11.8 Å². The molecule has 2 heterocycles. The van der Waals surface area contributed by atoms with Crippen LogP contribution in [-0.4, -0.2) is 21.1 Å². The topological polar surface area (TPSA) is 80.9 Å². The van der Waals surface area contributed by atoms with Crippen molar-refractivity contribution in [3.63, 3.8) is 0 Å². The van der Waals surface area contributed by atoms with E-state index in [0.29, 0.717) is 12.4 Å². The van der Waals surface area contributed by atoms with Gasteiger partial charge in [-0.1, -0.05) is 23.8 Å². The minimum Gasteiger partial charge on any atom is -0.412 e. The molecular formula is C16H14N4O2. The van der Waals surface area contributed by atoms with Crippen LogP contribution >= 0.6 is 0 Å². The number of carbonyl (C=O) groups is 1. The molecular weight excluding hydrogens is 280 g/mol. The molecule has 0 aliphatic heterocycles. The van der Waals surface area contributed by atoms with Crippen LogP contribution in [0.2, 0.25) is 0 Å². The van der Waals surface area contributed by atoms with Crippen molar-refractivity contribution in [3.05, 3.63) is 65.8 Å². The molecule has 0 bridgehead atoms. The van der Waals surface area contributed by atoms with Crippen molar-refractivity contribution in [2.24, 2.45) is 0 Å². The number of rotatable bonds is 4. The largest absolute Gasteiger partial charge is 0.412 e. The normalized spacial score (nSPS) is 10.4. The highest BCUT2D eigenvalue weighted by Crippen LogP contribution is 2.18. The summed E-state index contributed by atoms with van der Waals surface area (Å²) in [5, 5.41) is 10.4. The molecule has 0 saturated carbocycles. The second-order valence-corrected chi connectivity index (χ2v) is 4.78. The van der Waals surface area contributed by atoms with E-state index < -0.39 is 5.91 Å². The average Bonchev–Trinajstić information content (AvgIpc) is 3.04. The maximum atomic E-state index is 12.0. The molecule has 0 unspecified atom stereocenters. The Labute approximate surface area is 127 Å². The third kappa shape index (κ3) is 3.17. The molecule has 22 heavy (non-hydrogen) atoms. The summed E-state index contributed by atoms with van der Waals surface area (Å²) in [4.78, 5) is 16.1. The smallest absolute Gasteiger partial charge is 0.309 e. The number of nitrogens with one attached hydrogen (secondary N) is 1. The van der Waals surface area contributed by atoms with Crippen LogP contribution in [0.1, 0.15) is 21.9 Å². The van der Waals surface area contributed by atoms with Crippen LogP contribution < -0.4 is 5.32 Å². The van der Waals surface area contributed by atoms with Crippen LogP contribution in [0.4, 0.5) is 0 Å². The predicted molar refractivity (Wildman–Crippen MR) is 79.9 cm³/mol. The molecule has 0 aliphatic carbocycles. The molecule has 0 saturated heterocycles. The first kappa shape index (κ1) is 13.9. The molecule has 6 heteroatoms. The first-order valence-electron chi connectivity index (χ1n) is 6.81. The molecule has 0 spiro atoms. The van der Waals surface area contributed by atoms with Crippen molar-refractivity contribution in [2.45, 2.75) is 13.5 Å². The number of hydrogen-bond acceptors (Lipinski definition) is 5. The highest BCUT2D eigenvalue weighted by atomic mass is 16.4. The number of benzene rings is 1. The molecule has 3 rings (SSSR count). The Morgan fingerprint density at radius 3 is 2.68 bits per heavy atom.